The molecule has 35 heavy (non-hydrogen) atoms. The van der Waals surface area contributed by atoms with E-state index in [4.69, 9.17) is 4.74 Å². The quantitative estimate of drug-likeness (QED) is 0.109. The first-order valence-corrected chi connectivity index (χ1v) is 12.7. The predicted molar refractivity (Wildman–Crippen MR) is 146 cm³/mol. The van der Waals surface area contributed by atoms with Crippen LogP contribution in [0.5, 0.6) is 5.75 Å². The first-order chi connectivity index (χ1) is 17.0. The van der Waals surface area contributed by atoms with Crippen LogP contribution in [0.15, 0.2) is 95.9 Å². The number of ether oxygens (including phenoxy) is 1. The lowest BCUT2D eigenvalue weighted by Gasteiger charge is -2.13. The van der Waals surface area contributed by atoms with Crippen LogP contribution in [-0.2, 0) is 11.3 Å². The van der Waals surface area contributed by atoms with Gasteiger partial charge in [-0.25, -0.2) is 4.79 Å². The first kappa shape index (κ1) is 23.3. The number of hydrogen-bond donors (Lipinski definition) is 0. The zero-order valence-electron chi connectivity index (χ0n) is 18.3. The fraction of sp³-hybridized carbons (Fsp3) is 0.0357. The van der Waals surface area contributed by atoms with Crippen LogP contribution < -0.4 is 4.74 Å². The number of carbonyl (C=O) groups excluding carboxylic acids is 3. The van der Waals surface area contributed by atoms with E-state index in [1.165, 1.54) is 4.90 Å². The Morgan fingerprint density at radius 2 is 1.60 bits per heavy atom. The lowest BCUT2D eigenvalue weighted by molar-refractivity contribution is -0.123. The van der Waals surface area contributed by atoms with Gasteiger partial charge in [0.2, 0.25) is 0 Å². The zero-order valence-corrected chi connectivity index (χ0v) is 21.3. The van der Waals surface area contributed by atoms with Gasteiger partial charge in [-0.1, -0.05) is 60.7 Å². The van der Waals surface area contributed by atoms with Crippen LogP contribution in [0.3, 0.4) is 0 Å². The van der Waals surface area contributed by atoms with Gasteiger partial charge in [-0.2, -0.15) is 0 Å². The fourth-order valence-corrected chi connectivity index (χ4v) is 5.17. The Hall–Kier alpha value is -3.43. The molecule has 1 saturated heterocycles. The van der Waals surface area contributed by atoms with Crippen molar-refractivity contribution in [3.05, 3.63) is 116 Å². The molecule has 0 spiro atoms. The topological polar surface area (TPSA) is 63.7 Å². The molecule has 0 unspecified atom stereocenters. The Bertz CT molecular complexity index is 1500. The monoisotopic (exact) mass is 591 g/mol. The van der Waals surface area contributed by atoms with E-state index in [0.29, 0.717) is 16.2 Å². The molecule has 2 amide bonds. The van der Waals surface area contributed by atoms with Crippen molar-refractivity contribution in [2.45, 2.75) is 6.54 Å². The van der Waals surface area contributed by atoms with Gasteiger partial charge in [-0.05, 0) is 92.7 Å². The first-order valence-electron chi connectivity index (χ1n) is 10.8. The smallest absolute Gasteiger partial charge is 0.344 e. The normalized spacial score (nSPS) is 14.7. The Labute approximate surface area is 219 Å². The number of imide groups is 1. The Morgan fingerprint density at radius 1 is 0.886 bits per heavy atom. The van der Waals surface area contributed by atoms with Crippen molar-refractivity contribution < 1.29 is 19.1 Å². The van der Waals surface area contributed by atoms with Crippen LogP contribution in [0.25, 0.3) is 16.8 Å². The van der Waals surface area contributed by atoms with E-state index in [-0.39, 0.29) is 17.7 Å². The highest BCUT2D eigenvalue weighted by atomic mass is 127. The fourth-order valence-electron chi connectivity index (χ4n) is 3.73. The maximum atomic E-state index is 12.9. The minimum atomic E-state index is -0.433. The van der Waals surface area contributed by atoms with Gasteiger partial charge in [-0.15, -0.1) is 0 Å². The molecule has 1 fully saturated rings. The Kier molecular flexibility index (Phi) is 6.70. The molecule has 0 aromatic heterocycles. The SMILES string of the molecule is O=C(Oc1ccc(/C=C2\SC(=O)N(Cc3ccc4ccccc4c3)C2=O)cc1)c1ccccc1I. The number of benzene rings is 4. The minimum absolute atomic E-state index is 0.222. The summed E-state index contributed by atoms with van der Waals surface area (Å²) in [6, 6.07) is 27.9. The second-order valence-electron chi connectivity index (χ2n) is 7.89. The van der Waals surface area contributed by atoms with Crippen molar-refractivity contribution >= 4 is 68.3 Å². The number of thioether (sulfide) groups is 1. The third-order valence-electron chi connectivity index (χ3n) is 5.51. The Morgan fingerprint density at radius 3 is 2.37 bits per heavy atom. The van der Waals surface area contributed by atoms with E-state index in [1.54, 1.807) is 42.5 Å². The molecule has 0 radical (unpaired) electrons. The molecule has 5 rings (SSSR count). The molecule has 1 aliphatic heterocycles. The van der Waals surface area contributed by atoms with Gasteiger partial charge in [0.15, 0.2) is 0 Å². The summed E-state index contributed by atoms with van der Waals surface area (Å²) in [6.45, 7) is 0.222. The second kappa shape index (κ2) is 10.1. The number of esters is 1. The third-order valence-corrected chi connectivity index (χ3v) is 7.36. The largest absolute Gasteiger partial charge is 0.423 e. The molecule has 1 heterocycles. The zero-order chi connectivity index (χ0) is 24.4. The van der Waals surface area contributed by atoms with Crippen molar-refractivity contribution in [2.75, 3.05) is 0 Å². The van der Waals surface area contributed by atoms with Gasteiger partial charge < -0.3 is 4.74 Å². The molecule has 0 atom stereocenters. The molecule has 4 aromatic rings. The number of amides is 2. The average Bonchev–Trinajstić information content (AvgIpc) is 3.12. The second-order valence-corrected chi connectivity index (χ2v) is 10.0. The highest BCUT2D eigenvalue weighted by Gasteiger charge is 2.35. The molecule has 0 N–H and O–H groups in total. The molecular weight excluding hydrogens is 573 g/mol. The van der Waals surface area contributed by atoms with Gasteiger partial charge >= 0.3 is 5.97 Å². The number of halogens is 1. The van der Waals surface area contributed by atoms with Crippen molar-refractivity contribution in [3.8, 4) is 5.75 Å². The third kappa shape index (κ3) is 5.16. The average molecular weight is 591 g/mol. The van der Waals surface area contributed by atoms with Gasteiger partial charge in [0.25, 0.3) is 11.1 Å². The van der Waals surface area contributed by atoms with Crippen LogP contribution in [0.1, 0.15) is 21.5 Å². The number of carbonyl (C=O) groups is 3. The van der Waals surface area contributed by atoms with E-state index in [2.05, 4.69) is 22.6 Å². The van der Waals surface area contributed by atoms with Gasteiger partial charge in [-0.3, -0.25) is 14.5 Å². The molecule has 7 heteroatoms. The summed E-state index contributed by atoms with van der Waals surface area (Å²) in [7, 11) is 0. The summed E-state index contributed by atoms with van der Waals surface area (Å²) in [5.74, 6) is -0.351. The van der Waals surface area contributed by atoms with Crippen molar-refractivity contribution in [1.82, 2.24) is 4.90 Å². The summed E-state index contributed by atoms with van der Waals surface area (Å²) in [6.07, 6.45) is 1.68. The molecule has 0 bridgehead atoms. The van der Waals surface area contributed by atoms with Crippen LogP contribution in [0, 0.1) is 3.57 Å². The maximum Gasteiger partial charge on any atom is 0.344 e. The Balaban J connectivity index is 1.28. The lowest BCUT2D eigenvalue weighted by atomic mass is 10.1. The number of rotatable bonds is 5. The van der Waals surface area contributed by atoms with Crippen molar-refractivity contribution in [2.24, 2.45) is 0 Å². The summed E-state index contributed by atoms with van der Waals surface area (Å²) in [4.78, 5) is 39.5. The van der Waals surface area contributed by atoms with Gasteiger partial charge in [0.1, 0.15) is 5.75 Å². The van der Waals surface area contributed by atoms with Gasteiger partial charge in [0, 0.05) is 3.57 Å². The van der Waals surface area contributed by atoms with Crippen LogP contribution in [-0.4, -0.2) is 22.0 Å². The van der Waals surface area contributed by atoms with Gasteiger partial charge in [0.05, 0.1) is 17.0 Å². The summed E-state index contributed by atoms with van der Waals surface area (Å²) in [5, 5.41) is 1.88. The highest BCUT2D eigenvalue weighted by Crippen LogP contribution is 2.34. The minimum Gasteiger partial charge on any atom is -0.423 e. The maximum absolute atomic E-state index is 12.9. The molecule has 5 nitrogen and oxygen atoms in total. The van der Waals surface area contributed by atoms with E-state index in [9.17, 15) is 14.4 Å². The number of nitrogens with zero attached hydrogens (tertiary/aromatic N) is 1. The van der Waals surface area contributed by atoms with E-state index in [0.717, 1.165) is 37.2 Å². The van der Waals surface area contributed by atoms with Crippen molar-refractivity contribution in [3.63, 3.8) is 0 Å². The van der Waals surface area contributed by atoms with E-state index in [1.807, 2.05) is 54.6 Å². The van der Waals surface area contributed by atoms with E-state index < -0.39 is 5.97 Å². The molecule has 1 aliphatic rings. The molecule has 172 valence electrons. The standard InChI is InChI=1S/C28H18INO4S/c29-24-8-4-3-7-23(24)27(32)34-22-13-10-18(11-14-22)16-25-26(31)30(28(33)35-25)17-19-9-12-20-5-1-2-6-21(20)15-19/h1-16H,17H2/b25-16-. The predicted octanol–water partition coefficient (Wildman–Crippen LogP) is 6.90. The summed E-state index contributed by atoms with van der Waals surface area (Å²) in [5.41, 5.74) is 2.12. The summed E-state index contributed by atoms with van der Waals surface area (Å²) < 4.78 is 6.27. The summed E-state index contributed by atoms with van der Waals surface area (Å²) >= 11 is 3.02. The number of hydrogen-bond acceptors (Lipinski definition) is 5. The lowest BCUT2D eigenvalue weighted by Crippen LogP contribution is -2.27. The molecular formula is C28H18INO4S. The van der Waals surface area contributed by atoms with Crippen molar-refractivity contribution in [1.29, 1.82) is 0 Å². The van der Waals surface area contributed by atoms with Crippen LogP contribution >= 0.6 is 34.4 Å². The van der Waals surface area contributed by atoms with E-state index >= 15 is 0 Å². The molecule has 4 aromatic carbocycles. The van der Waals surface area contributed by atoms with Crippen LogP contribution in [0.2, 0.25) is 0 Å². The highest BCUT2D eigenvalue weighted by molar-refractivity contribution is 14.1. The molecule has 0 aliphatic carbocycles. The van der Waals surface area contributed by atoms with Crippen LogP contribution in [0.4, 0.5) is 4.79 Å². The number of fused-ring (bicyclic) bond motifs is 1. The molecule has 0 saturated carbocycles.